The fourth-order valence-corrected chi connectivity index (χ4v) is 2.67. The van der Waals surface area contributed by atoms with E-state index in [-0.39, 0.29) is 12.3 Å². The van der Waals surface area contributed by atoms with Crippen molar-refractivity contribution in [2.45, 2.75) is 20.5 Å². The summed E-state index contributed by atoms with van der Waals surface area (Å²) < 4.78 is 11.0. The molecule has 7 heteroatoms. The van der Waals surface area contributed by atoms with Gasteiger partial charge in [0, 0.05) is 5.69 Å². The molecule has 1 N–H and O–H groups in total. The average molecular weight is 391 g/mol. The molecule has 0 aliphatic carbocycles. The van der Waals surface area contributed by atoms with Gasteiger partial charge in [-0.05, 0) is 43.7 Å². The number of aryl methyl sites for hydroxylation is 2. The summed E-state index contributed by atoms with van der Waals surface area (Å²) in [5.41, 5.74) is 2.27. The lowest BCUT2D eigenvalue weighted by Crippen LogP contribution is -2.15. The number of para-hydroxylation sites is 1. The van der Waals surface area contributed by atoms with E-state index in [1.165, 1.54) is 0 Å². The minimum absolute atomic E-state index is 0.169. The molecule has 1 aromatic heterocycles. The Kier molecular flexibility index (Phi) is 5.49. The van der Waals surface area contributed by atoms with Gasteiger partial charge < -0.3 is 14.6 Å². The molecular weight excluding hydrogens is 375 g/mol. The Labute approximate surface area is 160 Å². The predicted molar refractivity (Wildman–Crippen MR) is 101 cm³/mol. The van der Waals surface area contributed by atoms with Gasteiger partial charge >= 0.3 is 0 Å². The number of carbonyl (C=O) groups is 1. The van der Waals surface area contributed by atoms with Crippen LogP contribution in [0.4, 0.5) is 5.69 Å². The number of carbonyl (C=O) groups excluding carboxylic acids is 1. The highest BCUT2D eigenvalue weighted by atomic mass is 35.5. The summed E-state index contributed by atoms with van der Waals surface area (Å²) in [4.78, 5) is 12.6. The fraction of sp³-hybridized carbons (Fsp3) is 0.158. The van der Waals surface area contributed by atoms with Gasteiger partial charge in [0.1, 0.15) is 18.1 Å². The minimum Gasteiger partial charge on any atom is -0.488 e. The number of benzene rings is 2. The maximum absolute atomic E-state index is 12.6. The smallest absolute Gasteiger partial charge is 0.278 e. The van der Waals surface area contributed by atoms with E-state index in [4.69, 9.17) is 32.5 Å². The molecule has 1 heterocycles. The van der Waals surface area contributed by atoms with E-state index in [9.17, 15) is 4.79 Å². The molecule has 0 radical (unpaired) electrons. The molecule has 0 spiro atoms. The largest absolute Gasteiger partial charge is 0.488 e. The topological polar surface area (TPSA) is 64.4 Å². The van der Waals surface area contributed by atoms with Crippen LogP contribution in [0, 0.1) is 13.8 Å². The van der Waals surface area contributed by atoms with Gasteiger partial charge in [-0.1, -0.05) is 46.6 Å². The zero-order valence-electron chi connectivity index (χ0n) is 14.2. The van der Waals surface area contributed by atoms with Crippen molar-refractivity contribution in [1.29, 1.82) is 0 Å². The lowest BCUT2D eigenvalue weighted by atomic mass is 10.2. The van der Waals surface area contributed by atoms with E-state index in [2.05, 4.69) is 10.5 Å². The van der Waals surface area contributed by atoms with Crippen molar-refractivity contribution >= 4 is 34.8 Å². The Morgan fingerprint density at radius 1 is 1.15 bits per heavy atom. The van der Waals surface area contributed by atoms with Crippen molar-refractivity contribution in [2.24, 2.45) is 0 Å². The van der Waals surface area contributed by atoms with E-state index < -0.39 is 5.91 Å². The number of hydrogen-bond acceptors (Lipinski definition) is 4. The zero-order valence-corrected chi connectivity index (χ0v) is 15.7. The van der Waals surface area contributed by atoms with Gasteiger partial charge in [-0.25, -0.2) is 0 Å². The van der Waals surface area contributed by atoms with Crippen molar-refractivity contribution < 1.29 is 14.1 Å². The van der Waals surface area contributed by atoms with Crippen LogP contribution in [0.2, 0.25) is 10.0 Å². The summed E-state index contributed by atoms with van der Waals surface area (Å²) in [5, 5.41) is 7.35. The molecule has 0 bridgehead atoms. The summed E-state index contributed by atoms with van der Waals surface area (Å²) in [5.74, 6) is 0.852. The first-order valence-corrected chi connectivity index (χ1v) is 8.61. The van der Waals surface area contributed by atoms with Crippen molar-refractivity contribution in [2.75, 3.05) is 5.32 Å². The van der Waals surface area contributed by atoms with E-state index in [1.54, 1.807) is 25.1 Å². The first kappa shape index (κ1) is 18.3. The summed E-state index contributed by atoms with van der Waals surface area (Å²) in [7, 11) is 0. The number of nitrogens with one attached hydrogen (secondary N) is 1. The number of rotatable bonds is 5. The van der Waals surface area contributed by atoms with Crippen LogP contribution in [0.3, 0.4) is 0 Å². The predicted octanol–water partition coefficient (Wildman–Crippen LogP) is 5.43. The number of nitrogens with zero attached hydrogens (tertiary/aromatic N) is 1. The highest BCUT2D eigenvalue weighted by Crippen LogP contribution is 2.26. The third kappa shape index (κ3) is 4.00. The van der Waals surface area contributed by atoms with Crippen molar-refractivity contribution in [3.63, 3.8) is 0 Å². The molecule has 26 heavy (non-hydrogen) atoms. The molecule has 0 fully saturated rings. The molecule has 0 aliphatic rings. The van der Waals surface area contributed by atoms with Crippen LogP contribution in [0.1, 0.15) is 27.4 Å². The normalized spacial score (nSPS) is 10.6. The standard InChI is InChI=1S/C19H16Cl2N2O3/c1-11-5-3-4-6-17(11)25-10-14-12(2)26-23-18(14)19(24)22-13-7-8-15(20)16(21)9-13/h3-9H,10H2,1-2H3,(H,22,24). The first-order chi connectivity index (χ1) is 12.5. The number of anilines is 1. The summed E-state index contributed by atoms with van der Waals surface area (Å²) in [6.07, 6.45) is 0. The second-order valence-electron chi connectivity index (χ2n) is 5.70. The molecule has 0 unspecified atom stereocenters. The zero-order chi connectivity index (χ0) is 18.7. The van der Waals surface area contributed by atoms with Crippen molar-refractivity contribution in [1.82, 2.24) is 5.16 Å². The molecule has 3 aromatic rings. The Hall–Kier alpha value is -2.50. The summed E-state index contributed by atoms with van der Waals surface area (Å²) in [6, 6.07) is 12.5. The van der Waals surface area contributed by atoms with Crippen LogP contribution in [0.15, 0.2) is 47.0 Å². The van der Waals surface area contributed by atoms with Crippen LogP contribution in [0.5, 0.6) is 5.75 Å². The van der Waals surface area contributed by atoms with Gasteiger partial charge in [0.25, 0.3) is 5.91 Å². The molecule has 0 saturated heterocycles. The summed E-state index contributed by atoms with van der Waals surface area (Å²) >= 11 is 11.9. The highest BCUT2D eigenvalue weighted by molar-refractivity contribution is 6.42. The fourth-order valence-electron chi connectivity index (χ4n) is 2.37. The SMILES string of the molecule is Cc1ccccc1OCc1c(C(=O)Nc2ccc(Cl)c(Cl)c2)noc1C. The van der Waals surface area contributed by atoms with Crippen molar-refractivity contribution in [3.05, 3.63) is 75.1 Å². The quantitative estimate of drug-likeness (QED) is 0.630. The third-order valence-corrected chi connectivity index (χ3v) is 4.58. The van der Waals surface area contributed by atoms with E-state index >= 15 is 0 Å². The van der Waals surface area contributed by atoms with Crippen LogP contribution in [0.25, 0.3) is 0 Å². The van der Waals surface area contributed by atoms with Crippen LogP contribution in [-0.4, -0.2) is 11.1 Å². The van der Waals surface area contributed by atoms with Crippen LogP contribution >= 0.6 is 23.2 Å². The van der Waals surface area contributed by atoms with Crippen LogP contribution < -0.4 is 10.1 Å². The van der Waals surface area contributed by atoms with Crippen molar-refractivity contribution in [3.8, 4) is 5.75 Å². The van der Waals surface area contributed by atoms with Crippen LogP contribution in [-0.2, 0) is 6.61 Å². The average Bonchev–Trinajstić information content (AvgIpc) is 2.98. The van der Waals surface area contributed by atoms with Gasteiger partial charge in [0.05, 0.1) is 15.6 Å². The van der Waals surface area contributed by atoms with Gasteiger partial charge in [-0.15, -0.1) is 0 Å². The Morgan fingerprint density at radius 3 is 2.65 bits per heavy atom. The van der Waals surface area contributed by atoms with E-state index in [0.29, 0.717) is 27.1 Å². The number of hydrogen-bond donors (Lipinski definition) is 1. The Balaban J connectivity index is 1.77. The Bertz CT molecular complexity index is 954. The Morgan fingerprint density at radius 2 is 1.92 bits per heavy atom. The number of amides is 1. The lowest BCUT2D eigenvalue weighted by molar-refractivity contribution is 0.101. The van der Waals surface area contributed by atoms with Gasteiger partial charge in [-0.3, -0.25) is 4.79 Å². The van der Waals surface area contributed by atoms with E-state index in [1.807, 2.05) is 31.2 Å². The number of ether oxygens (including phenoxy) is 1. The van der Waals surface area contributed by atoms with E-state index in [0.717, 1.165) is 11.3 Å². The molecule has 1 amide bonds. The number of aromatic nitrogens is 1. The first-order valence-electron chi connectivity index (χ1n) is 7.85. The lowest BCUT2D eigenvalue weighted by Gasteiger charge is -2.09. The third-order valence-electron chi connectivity index (χ3n) is 3.84. The monoisotopic (exact) mass is 390 g/mol. The van der Waals surface area contributed by atoms with Gasteiger partial charge in [0.2, 0.25) is 0 Å². The second kappa shape index (κ2) is 7.81. The van der Waals surface area contributed by atoms with Gasteiger partial charge in [0.15, 0.2) is 5.69 Å². The minimum atomic E-state index is -0.413. The molecule has 134 valence electrons. The molecule has 5 nitrogen and oxygen atoms in total. The maximum Gasteiger partial charge on any atom is 0.278 e. The maximum atomic E-state index is 12.6. The van der Waals surface area contributed by atoms with Gasteiger partial charge in [-0.2, -0.15) is 0 Å². The molecule has 3 rings (SSSR count). The molecule has 0 aliphatic heterocycles. The molecule has 2 aromatic carbocycles. The molecular formula is C19H16Cl2N2O3. The summed E-state index contributed by atoms with van der Waals surface area (Å²) in [6.45, 7) is 3.86. The highest BCUT2D eigenvalue weighted by Gasteiger charge is 2.21. The molecule has 0 atom stereocenters. The molecule has 0 saturated carbocycles. The second-order valence-corrected chi connectivity index (χ2v) is 6.52. The number of halogens is 2.